The van der Waals surface area contributed by atoms with Crippen LogP contribution in [0.5, 0.6) is 0 Å². The fourth-order valence-corrected chi connectivity index (χ4v) is 1.33. The number of benzene rings is 1. The van der Waals surface area contributed by atoms with Crippen LogP contribution >= 0.6 is 0 Å². The van der Waals surface area contributed by atoms with Crippen LogP contribution in [0.4, 0.5) is 39.5 Å². The molecule has 0 aromatic heterocycles. The van der Waals surface area contributed by atoms with E-state index in [1.807, 2.05) is 13.8 Å². The van der Waals surface area contributed by atoms with Gasteiger partial charge in [-0.05, 0) is 13.0 Å². The minimum absolute atomic E-state index is 0.434. The van der Waals surface area contributed by atoms with Crippen molar-refractivity contribution in [3.63, 3.8) is 0 Å². The van der Waals surface area contributed by atoms with Crippen LogP contribution in [0, 0.1) is 30.2 Å². The van der Waals surface area contributed by atoms with Gasteiger partial charge < -0.3 is 0 Å². The smallest absolute Gasteiger partial charge is 0.199 e. The monoisotopic (exact) mass is 362 g/mol. The van der Waals surface area contributed by atoms with Gasteiger partial charge in [-0.25, -0.2) is 39.5 Å². The molecule has 24 heavy (non-hydrogen) atoms. The molecule has 0 unspecified atom stereocenters. The van der Waals surface area contributed by atoms with E-state index in [1.54, 1.807) is 0 Å². The molecule has 0 heterocycles. The van der Waals surface area contributed by atoms with Crippen LogP contribution in [0.2, 0.25) is 0 Å². The van der Waals surface area contributed by atoms with Crippen LogP contribution in [0.25, 0.3) is 6.08 Å². The Kier molecular flexibility index (Phi) is 8.35. The molecule has 0 atom stereocenters. The van der Waals surface area contributed by atoms with E-state index in [4.69, 9.17) is 0 Å². The zero-order valence-electron chi connectivity index (χ0n) is 12.6. The summed E-state index contributed by atoms with van der Waals surface area (Å²) in [6, 6.07) is 0. The Morgan fingerprint density at radius 1 is 0.708 bits per heavy atom. The second-order valence-electron chi connectivity index (χ2n) is 3.87. The molecule has 0 amide bonds. The summed E-state index contributed by atoms with van der Waals surface area (Å²) in [5.41, 5.74) is -2.74. The van der Waals surface area contributed by atoms with Gasteiger partial charge in [-0.3, -0.25) is 0 Å². The summed E-state index contributed by atoms with van der Waals surface area (Å²) in [5, 5.41) is 0. The minimum Gasteiger partial charge on any atom is -0.212 e. The first-order chi connectivity index (χ1) is 11.1. The number of hydrogen-bond donors (Lipinski definition) is 0. The summed E-state index contributed by atoms with van der Waals surface area (Å²) < 4.78 is 116. The average molecular weight is 362 g/mol. The summed E-state index contributed by atoms with van der Waals surface area (Å²) >= 11 is 0. The molecule has 134 valence electrons. The van der Waals surface area contributed by atoms with E-state index in [0.717, 1.165) is 0 Å². The first-order valence-corrected chi connectivity index (χ1v) is 6.35. The lowest BCUT2D eigenvalue weighted by molar-refractivity contribution is 0.440. The normalized spacial score (nSPS) is 13.3. The van der Waals surface area contributed by atoms with Crippen molar-refractivity contribution in [2.24, 2.45) is 0 Å². The van der Waals surface area contributed by atoms with Gasteiger partial charge in [-0.2, -0.15) is 0 Å². The Hall–Kier alpha value is -2.19. The molecular weight excluding hydrogens is 351 g/mol. The Balaban J connectivity index is 0.00000254. The van der Waals surface area contributed by atoms with Crippen LogP contribution in [0.1, 0.15) is 25.0 Å². The second kappa shape index (κ2) is 9.19. The first kappa shape index (κ1) is 21.8. The van der Waals surface area contributed by atoms with Crippen LogP contribution < -0.4 is 0 Å². The summed E-state index contributed by atoms with van der Waals surface area (Å²) in [6.45, 7) is 4.68. The van der Waals surface area contributed by atoms with Crippen molar-refractivity contribution in [1.82, 2.24) is 0 Å². The van der Waals surface area contributed by atoms with Gasteiger partial charge in [-0.15, -0.1) is 0 Å². The largest absolute Gasteiger partial charge is 0.212 e. The van der Waals surface area contributed by atoms with Crippen molar-refractivity contribution in [3.8, 4) is 0 Å². The molecule has 0 saturated heterocycles. The van der Waals surface area contributed by atoms with Crippen molar-refractivity contribution in [3.05, 3.63) is 64.0 Å². The molecule has 1 rings (SSSR count). The SMILES string of the molecule is CC.Cc1c(F)c(F)c(/C=C(F)/C(F)=C(F)\C(F)=C\F)c(F)c1F. The Morgan fingerprint density at radius 3 is 1.46 bits per heavy atom. The maximum absolute atomic E-state index is 13.4. The topological polar surface area (TPSA) is 0 Å². The lowest BCUT2D eigenvalue weighted by Gasteiger charge is -2.06. The van der Waals surface area contributed by atoms with Crippen LogP contribution in [0.3, 0.4) is 0 Å². The minimum atomic E-state index is -2.65. The maximum Gasteiger partial charge on any atom is 0.199 e. The van der Waals surface area contributed by atoms with Gasteiger partial charge in [0, 0.05) is 5.56 Å². The van der Waals surface area contributed by atoms with Gasteiger partial charge >= 0.3 is 0 Å². The molecule has 1 aromatic carbocycles. The Morgan fingerprint density at radius 2 is 1.08 bits per heavy atom. The van der Waals surface area contributed by atoms with Crippen molar-refractivity contribution >= 4 is 6.08 Å². The first-order valence-electron chi connectivity index (χ1n) is 6.35. The molecule has 0 spiro atoms. The van der Waals surface area contributed by atoms with Crippen molar-refractivity contribution in [2.45, 2.75) is 20.8 Å². The molecule has 0 fully saturated rings. The summed E-state index contributed by atoms with van der Waals surface area (Å²) in [4.78, 5) is 0. The lowest BCUT2D eigenvalue weighted by Crippen LogP contribution is -2.03. The van der Waals surface area contributed by atoms with Crippen LogP contribution in [-0.4, -0.2) is 0 Å². The molecule has 0 nitrogen and oxygen atoms in total. The predicted molar refractivity (Wildman–Crippen MR) is 71.0 cm³/mol. The number of halogens is 9. The summed E-state index contributed by atoms with van der Waals surface area (Å²) in [5.74, 6) is -18.0. The number of rotatable bonds is 3. The Bertz CT molecular complexity index is 670. The fraction of sp³-hybridized carbons (Fsp3) is 0.200. The van der Waals surface area contributed by atoms with E-state index in [0.29, 0.717) is 6.92 Å². The number of hydrogen-bond acceptors (Lipinski definition) is 0. The van der Waals surface area contributed by atoms with Crippen LogP contribution in [0.15, 0.2) is 29.6 Å². The van der Waals surface area contributed by atoms with Gasteiger partial charge in [0.25, 0.3) is 0 Å². The van der Waals surface area contributed by atoms with Gasteiger partial charge in [0.2, 0.25) is 0 Å². The second-order valence-corrected chi connectivity index (χ2v) is 3.87. The van der Waals surface area contributed by atoms with Crippen molar-refractivity contribution in [1.29, 1.82) is 0 Å². The van der Waals surface area contributed by atoms with E-state index in [9.17, 15) is 39.5 Å². The molecule has 0 N–H and O–H groups in total. The average Bonchev–Trinajstić information content (AvgIpc) is 2.61. The molecule has 0 aliphatic heterocycles. The summed E-state index contributed by atoms with van der Waals surface area (Å²) in [6.07, 6.45) is -1.47. The third kappa shape index (κ3) is 4.42. The van der Waals surface area contributed by atoms with Crippen LogP contribution in [-0.2, 0) is 0 Å². The Labute approximate surface area is 131 Å². The summed E-state index contributed by atoms with van der Waals surface area (Å²) in [7, 11) is 0. The highest BCUT2D eigenvalue weighted by molar-refractivity contribution is 5.58. The third-order valence-corrected chi connectivity index (χ3v) is 2.50. The van der Waals surface area contributed by atoms with Gasteiger partial charge in [-0.1, -0.05) is 13.8 Å². The quantitative estimate of drug-likeness (QED) is 0.314. The van der Waals surface area contributed by atoms with Gasteiger partial charge in [0.1, 0.15) is 6.33 Å². The molecule has 0 aliphatic rings. The molecule has 0 saturated carbocycles. The molecule has 0 aliphatic carbocycles. The van der Waals surface area contributed by atoms with E-state index in [1.165, 1.54) is 0 Å². The van der Waals surface area contributed by atoms with E-state index < -0.39 is 70.1 Å². The van der Waals surface area contributed by atoms with Crippen molar-refractivity contribution < 1.29 is 39.5 Å². The standard InChI is InChI=1S/C13H5F9.C2H6/c1-4-8(17)10(19)5(11(20)9(4)18)2-6(15)12(21)13(22)7(16)3-14;1-2/h2-3H,1H3;1-2H3/b6-2-,7-3-,13-12-;. The molecule has 9 heteroatoms. The zero-order valence-corrected chi connectivity index (χ0v) is 12.6. The highest BCUT2D eigenvalue weighted by Crippen LogP contribution is 2.30. The van der Waals surface area contributed by atoms with E-state index >= 15 is 0 Å². The number of allylic oxidation sites excluding steroid dienone is 4. The van der Waals surface area contributed by atoms with E-state index in [2.05, 4.69) is 0 Å². The molecule has 0 radical (unpaired) electrons. The van der Waals surface area contributed by atoms with Gasteiger partial charge in [0.05, 0.1) is 5.56 Å². The highest BCUT2D eigenvalue weighted by Gasteiger charge is 2.24. The predicted octanol–water partition coefficient (Wildman–Crippen LogP) is 6.82. The van der Waals surface area contributed by atoms with Crippen molar-refractivity contribution in [2.75, 3.05) is 0 Å². The maximum atomic E-state index is 13.4. The molecular formula is C15H11F9. The fourth-order valence-electron chi connectivity index (χ4n) is 1.33. The molecule has 1 aromatic rings. The molecule has 0 bridgehead atoms. The third-order valence-electron chi connectivity index (χ3n) is 2.50. The van der Waals surface area contributed by atoms with E-state index in [-0.39, 0.29) is 0 Å². The zero-order chi connectivity index (χ0) is 19.2. The highest BCUT2D eigenvalue weighted by atomic mass is 19.2. The van der Waals surface area contributed by atoms with Gasteiger partial charge in [0.15, 0.2) is 46.6 Å². The lowest BCUT2D eigenvalue weighted by atomic mass is 10.1.